The predicted octanol–water partition coefficient (Wildman–Crippen LogP) is 4.45. The first-order valence-electron chi connectivity index (χ1n) is 6.58. The fourth-order valence-corrected chi connectivity index (χ4v) is 2.70. The minimum absolute atomic E-state index is 0.545. The smallest absolute Gasteiger partial charge is 0.127 e. The fraction of sp³-hybridized carbons (Fsp3) is 0.118. The third-order valence-corrected chi connectivity index (χ3v) is 3.96. The minimum atomic E-state index is 0.545. The van der Waals surface area contributed by atoms with Gasteiger partial charge in [0, 0.05) is 28.9 Å². The topological polar surface area (TPSA) is 48.1 Å². The largest absolute Gasteiger partial charge is 0.496 e. The first-order chi connectivity index (χ1) is 10.1. The molecule has 0 aliphatic carbocycles. The summed E-state index contributed by atoms with van der Waals surface area (Å²) in [5, 5.41) is 2.65. The quantitative estimate of drug-likeness (QED) is 0.711. The molecule has 0 atom stereocenters. The van der Waals surface area contributed by atoms with E-state index in [2.05, 4.69) is 4.98 Å². The Morgan fingerprint density at radius 2 is 1.95 bits per heavy atom. The summed E-state index contributed by atoms with van der Waals surface area (Å²) in [4.78, 5) is 4.17. The molecule has 2 aromatic carbocycles. The van der Waals surface area contributed by atoms with Gasteiger partial charge in [-0.25, -0.2) is 0 Å². The number of nitrogens with zero attached hydrogens (tertiary/aromatic N) is 1. The molecule has 0 radical (unpaired) electrons. The van der Waals surface area contributed by atoms with Crippen LogP contribution in [0.3, 0.4) is 0 Å². The highest BCUT2D eigenvalue weighted by Crippen LogP contribution is 2.41. The molecule has 0 saturated carbocycles. The molecule has 0 bridgehead atoms. The van der Waals surface area contributed by atoms with E-state index in [1.807, 2.05) is 43.5 Å². The maximum atomic E-state index is 6.18. The van der Waals surface area contributed by atoms with Crippen LogP contribution in [0.1, 0.15) is 5.56 Å². The van der Waals surface area contributed by atoms with Crippen LogP contribution in [0.15, 0.2) is 42.7 Å². The van der Waals surface area contributed by atoms with E-state index in [0.717, 1.165) is 33.2 Å². The Hall–Kier alpha value is -2.26. The summed E-state index contributed by atoms with van der Waals surface area (Å²) in [5.41, 5.74) is 9.64. The minimum Gasteiger partial charge on any atom is -0.496 e. The average molecular weight is 299 g/mol. The van der Waals surface area contributed by atoms with Crippen molar-refractivity contribution in [1.82, 2.24) is 4.98 Å². The summed E-state index contributed by atoms with van der Waals surface area (Å²) < 4.78 is 5.54. The highest BCUT2D eigenvalue weighted by molar-refractivity contribution is 6.33. The zero-order valence-electron chi connectivity index (χ0n) is 11.9. The van der Waals surface area contributed by atoms with Gasteiger partial charge in [-0.2, -0.15) is 0 Å². The van der Waals surface area contributed by atoms with Crippen LogP contribution in [-0.4, -0.2) is 12.1 Å². The number of hydrogen-bond acceptors (Lipinski definition) is 3. The Kier molecular flexibility index (Phi) is 3.43. The molecular formula is C17H15ClN2O. The van der Waals surface area contributed by atoms with Crippen molar-refractivity contribution in [2.45, 2.75) is 6.92 Å². The SMILES string of the molecule is COc1cc2ccncc2cc1-c1c(C)ccc(Cl)c1N. The summed E-state index contributed by atoms with van der Waals surface area (Å²) >= 11 is 6.17. The Morgan fingerprint density at radius 3 is 2.71 bits per heavy atom. The molecule has 106 valence electrons. The standard InChI is InChI=1S/C17H15ClN2O/c1-10-3-4-14(18)17(19)16(10)13-7-12-9-20-6-5-11(12)8-15(13)21-2/h3-9H,19H2,1-2H3. The first-order valence-corrected chi connectivity index (χ1v) is 6.96. The van der Waals surface area contributed by atoms with Crippen molar-refractivity contribution in [2.75, 3.05) is 12.8 Å². The lowest BCUT2D eigenvalue weighted by Crippen LogP contribution is -1.97. The molecule has 0 fully saturated rings. The summed E-state index contributed by atoms with van der Waals surface area (Å²) in [6.07, 6.45) is 3.59. The van der Waals surface area contributed by atoms with Gasteiger partial charge < -0.3 is 10.5 Å². The van der Waals surface area contributed by atoms with Crippen molar-refractivity contribution in [2.24, 2.45) is 0 Å². The van der Waals surface area contributed by atoms with Gasteiger partial charge in [0.15, 0.2) is 0 Å². The van der Waals surface area contributed by atoms with Crippen LogP contribution in [0.25, 0.3) is 21.9 Å². The van der Waals surface area contributed by atoms with Gasteiger partial charge in [0.05, 0.1) is 17.8 Å². The molecule has 3 nitrogen and oxygen atoms in total. The molecule has 1 heterocycles. The van der Waals surface area contributed by atoms with Crippen molar-refractivity contribution < 1.29 is 4.74 Å². The summed E-state index contributed by atoms with van der Waals surface area (Å²) in [5.74, 6) is 0.769. The summed E-state index contributed by atoms with van der Waals surface area (Å²) in [6, 6.07) is 9.75. The Balaban J connectivity index is 2.36. The van der Waals surface area contributed by atoms with Gasteiger partial charge in [-0.05, 0) is 42.1 Å². The van der Waals surface area contributed by atoms with Gasteiger partial charge in [0.1, 0.15) is 5.75 Å². The molecular weight excluding hydrogens is 284 g/mol. The van der Waals surface area contributed by atoms with Crippen molar-refractivity contribution in [1.29, 1.82) is 0 Å². The molecule has 0 unspecified atom stereocenters. The highest BCUT2D eigenvalue weighted by Gasteiger charge is 2.15. The van der Waals surface area contributed by atoms with Gasteiger partial charge in [0.25, 0.3) is 0 Å². The lowest BCUT2D eigenvalue weighted by molar-refractivity contribution is 0.417. The van der Waals surface area contributed by atoms with E-state index in [1.165, 1.54) is 0 Å². The number of nitrogens with two attached hydrogens (primary N) is 1. The van der Waals surface area contributed by atoms with Gasteiger partial charge in [0.2, 0.25) is 0 Å². The van der Waals surface area contributed by atoms with E-state index in [-0.39, 0.29) is 0 Å². The van der Waals surface area contributed by atoms with Crippen LogP contribution in [0.4, 0.5) is 5.69 Å². The molecule has 0 aliphatic rings. The van der Waals surface area contributed by atoms with Crippen LogP contribution >= 0.6 is 11.6 Å². The number of hydrogen-bond donors (Lipinski definition) is 1. The monoisotopic (exact) mass is 298 g/mol. The second kappa shape index (κ2) is 5.26. The number of pyridine rings is 1. The maximum absolute atomic E-state index is 6.18. The summed E-state index contributed by atoms with van der Waals surface area (Å²) in [7, 11) is 1.65. The Morgan fingerprint density at radius 1 is 1.14 bits per heavy atom. The first kappa shape index (κ1) is 13.7. The van der Waals surface area contributed by atoms with E-state index >= 15 is 0 Å². The number of benzene rings is 2. The normalized spacial score (nSPS) is 10.8. The van der Waals surface area contributed by atoms with Gasteiger partial charge in [-0.3, -0.25) is 4.98 Å². The Labute approximate surface area is 128 Å². The number of ether oxygens (including phenoxy) is 1. The predicted molar refractivity (Wildman–Crippen MR) is 87.9 cm³/mol. The molecule has 4 heteroatoms. The van der Waals surface area contributed by atoms with Crippen molar-refractivity contribution >= 4 is 28.1 Å². The van der Waals surface area contributed by atoms with Crippen LogP contribution < -0.4 is 10.5 Å². The van der Waals surface area contributed by atoms with E-state index in [4.69, 9.17) is 22.1 Å². The number of methoxy groups -OCH3 is 1. The van der Waals surface area contributed by atoms with Gasteiger partial charge in [-0.15, -0.1) is 0 Å². The third kappa shape index (κ3) is 2.30. The molecule has 0 aliphatic heterocycles. The molecule has 0 spiro atoms. The van der Waals surface area contributed by atoms with Crippen molar-refractivity contribution in [3.8, 4) is 16.9 Å². The van der Waals surface area contributed by atoms with Crippen LogP contribution in [0.2, 0.25) is 5.02 Å². The zero-order chi connectivity index (χ0) is 15.0. The molecule has 3 rings (SSSR count). The van der Waals surface area contributed by atoms with E-state index in [1.54, 1.807) is 13.3 Å². The van der Waals surface area contributed by atoms with Crippen molar-refractivity contribution in [3.63, 3.8) is 0 Å². The van der Waals surface area contributed by atoms with E-state index < -0.39 is 0 Å². The number of fused-ring (bicyclic) bond motifs is 1. The van der Waals surface area contributed by atoms with Gasteiger partial charge >= 0.3 is 0 Å². The van der Waals surface area contributed by atoms with E-state index in [0.29, 0.717) is 10.7 Å². The van der Waals surface area contributed by atoms with Crippen LogP contribution in [-0.2, 0) is 0 Å². The molecule has 3 aromatic rings. The number of aryl methyl sites for hydroxylation is 1. The average Bonchev–Trinajstić information content (AvgIpc) is 2.50. The number of nitrogen functional groups attached to an aromatic ring is 1. The highest BCUT2D eigenvalue weighted by atomic mass is 35.5. The number of aromatic nitrogens is 1. The second-order valence-corrected chi connectivity index (χ2v) is 5.34. The van der Waals surface area contributed by atoms with Crippen molar-refractivity contribution in [3.05, 3.63) is 53.3 Å². The molecule has 1 aromatic heterocycles. The number of anilines is 1. The van der Waals surface area contributed by atoms with E-state index in [9.17, 15) is 0 Å². The second-order valence-electron chi connectivity index (χ2n) is 4.93. The molecule has 21 heavy (non-hydrogen) atoms. The molecule has 0 amide bonds. The number of halogens is 1. The van der Waals surface area contributed by atoms with Crippen LogP contribution in [0, 0.1) is 6.92 Å². The lowest BCUT2D eigenvalue weighted by Gasteiger charge is -2.15. The maximum Gasteiger partial charge on any atom is 0.127 e. The lowest BCUT2D eigenvalue weighted by atomic mass is 9.95. The Bertz CT molecular complexity index is 830. The zero-order valence-corrected chi connectivity index (χ0v) is 12.6. The summed E-state index contributed by atoms with van der Waals surface area (Å²) in [6.45, 7) is 2.01. The molecule has 0 saturated heterocycles. The number of rotatable bonds is 2. The fourth-order valence-electron chi connectivity index (χ4n) is 2.54. The van der Waals surface area contributed by atoms with Crippen LogP contribution in [0.5, 0.6) is 5.75 Å². The third-order valence-electron chi connectivity index (χ3n) is 3.63. The molecule has 2 N–H and O–H groups in total. The van der Waals surface area contributed by atoms with Gasteiger partial charge in [-0.1, -0.05) is 17.7 Å².